The number of sulfonamides is 1. The van der Waals surface area contributed by atoms with Gasteiger partial charge in [0.15, 0.2) is 6.10 Å². The van der Waals surface area contributed by atoms with Crippen LogP contribution in [0.4, 0.5) is 0 Å². The van der Waals surface area contributed by atoms with Crippen molar-refractivity contribution in [2.24, 2.45) is 5.92 Å². The Morgan fingerprint density at radius 2 is 1.71 bits per heavy atom. The molecule has 0 heterocycles. The highest BCUT2D eigenvalue weighted by molar-refractivity contribution is 7.89. The fourth-order valence-corrected chi connectivity index (χ4v) is 3.15. The number of hydrogen-bond acceptors (Lipinski definition) is 4. The van der Waals surface area contributed by atoms with Crippen LogP contribution in [-0.4, -0.2) is 33.0 Å². The molecule has 136 valence electrons. The molecule has 0 radical (unpaired) electrons. The van der Waals surface area contributed by atoms with Crippen LogP contribution >= 0.6 is 0 Å². The molecule has 7 heteroatoms. The summed E-state index contributed by atoms with van der Waals surface area (Å²) in [5.41, 5.74) is 0. The van der Waals surface area contributed by atoms with Gasteiger partial charge >= 0.3 is 0 Å². The van der Waals surface area contributed by atoms with Crippen LogP contribution in [-0.2, 0) is 14.8 Å². The maximum absolute atomic E-state index is 12.2. The van der Waals surface area contributed by atoms with E-state index in [4.69, 9.17) is 4.74 Å². The van der Waals surface area contributed by atoms with Gasteiger partial charge in [0.05, 0.1) is 4.90 Å². The number of carbonyl (C=O) groups is 1. The average Bonchev–Trinajstić information content (AvgIpc) is 2.52. The van der Waals surface area contributed by atoms with Crippen LogP contribution < -0.4 is 14.8 Å². The number of benzene rings is 1. The van der Waals surface area contributed by atoms with E-state index in [-0.39, 0.29) is 16.8 Å². The second-order valence-corrected chi connectivity index (χ2v) is 8.02. The molecule has 2 N–H and O–H groups in total. The zero-order valence-electron chi connectivity index (χ0n) is 15.0. The Balaban J connectivity index is 2.69. The fraction of sp³-hybridized carbons (Fsp3) is 0.588. The lowest BCUT2D eigenvalue weighted by atomic mass is 10.2. The van der Waals surface area contributed by atoms with Gasteiger partial charge in [-0.2, -0.15) is 0 Å². The highest BCUT2D eigenvalue weighted by atomic mass is 32.2. The second-order valence-electron chi connectivity index (χ2n) is 6.30. The highest BCUT2D eigenvalue weighted by Gasteiger charge is 2.18. The molecule has 2 atom stereocenters. The van der Waals surface area contributed by atoms with Crippen molar-refractivity contribution in [3.8, 4) is 5.75 Å². The van der Waals surface area contributed by atoms with Crippen molar-refractivity contribution >= 4 is 15.9 Å². The quantitative estimate of drug-likeness (QED) is 0.711. The Morgan fingerprint density at radius 3 is 2.21 bits per heavy atom. The van der Waals surface area contributed by atoms with Crippen molar-refractivity contribution in [3.63, 3.8) is 0 Å². The maximum Gasteiger partial charge on any atom is 0.260 e. The standard InChI is InChI=1S/C17H28N2O4S/c1-6-13(4)19-24(21,22)16-9-7-15(8-10-16)23-14(5)17(20)18-11-12(2)3/h7-10,12-14,19H,6,11H2,1-5H3,(H,18,20)/t13-,14+/m0/s1. The van der Waals surface area contributed by atoms with Crippen molar-refractivity contribution < 1.29 is 17.9 Å². The molecule has 0 bridgehead atoms. The van der Waals surface area contributed by atoms with Crippen LogP contribution in [0.3, 0.4) is 0 Å². The van der Waals surface area contributed by atoms with Crippen LogP contribution in [0.2, 0.25) is 0 Å². The zero-order valence-corrected chi connectivity index (χ0v) is 15.8. The van der Waals surface area contributed by atoms with Crippen molar-refractivity contribution in [1.29, 1.82) is 0 Å². The van der Waals surface area contributed by atoms with Gasteiger partial charge in [-0.3, -0.25) is 4.79 Å². The summed E-state index contributed by atoms with van der Waals surface area (Å²) >= 11 is 0. The third-order valence-corrected chi connectivity index (χ3v) is 5.07. The van der Waals surface area contributed by atoms with Crippen molar-refractivity contribution in [2.45, 2.75) is 58.1 Å². The van der Waals surface area contributed by atoms with Crippen LogP contribution in [0.1, 0.15) is 41.0 Å². The third kappa shape index (κ3) is 6.49. The molecular formula is C17H28N2O4S. The van der Waals surface area contributed by atoms with E-state index in [2.05, 4.69) is 10.0 Å². The molecule has 0 saturated carbocycles. The van der Waals surface area contributed by atoms with Crippen molar-refractivity contribution in [2.75, 3.05) is 6.54 Å². The predicted octanol–water partition coefficient (Wildman–Crippen LogP) is 2.30. The third-order valence-electron chi connectivity index (χ3n) is 3.47. The lowest BCUT2D eigenvalue weighted by molar-refractivity contribution is -0.127. The summed E-state index contributed by atoms with van der Waals surface area (Å²) in [7, 11) is -3.54. The molecule has 6 nitrogen and oxygen atoms in total. The van der Waals surface area contributed by atoms with Gasteiger partial charge in [-0.15, -0.1) is 0 Å². The summed E-state index contributed by atoms with van der Waals surface area (Å²) in [6.07, 6.45) is 0.0631. The Labute approximate surface area is 145 Å². The van der Waals surface area contributed by atoms with Crippen LogP contribution in [0.25, 0.3) is 0 Å². The molecule has 0 spiro atoms. The van der Waals surface area contributed by atoms with E-state index >= 15 is 0 Å². The zero-order chi connectivity index (χ0) is 18.3. The first kappa shape index (κ1) is 20.4. The Kier molecular flexibility index (Phi) is 7.69. The molecule has 0 aromatic heterocycles. The molecule has 0 aliphatic carbocycles. The van der Waals surface area contributed by atoms with Crippen LogP contribution in [0.5, 0.6) is 5.75 Å². The minimum Gasteiger partial charge on any atom is -0.481 e. The molecule has 1 rings (SSSR count). The SMILES string of the molecule is CC[C@H](C)NS(=O)(=O)c1ccc(O[C@H](C)C(=O)NCC(C)C)cc1. The first-order chi connectivity index (χ1) is 11.2. The number of hydrogen-bond donors (Lipinski definition) is 2. The van der Waals surface area contributed by atoms with Gasteiger partial charge in [-0.1, -0.05) is 20.8 Å². The van der Waals surface area contributed by atoms with Gasteiger partial charge in [0, 0.05) is 12.6 Å². The summed E-state index contributed by atoms with van der Waals surface area (Å²) in [6.45, 7) is 9.99. The Hall–Kier alpha value is -1.60. The van der Waals surface area contributed by atoms with Crippen LogP contribution in [0.15, 0.2) is 29.2 Å². The fourth-order valence-electron chi connectivity index (χ4n) is 1.82. The predicted molar refractivity (Wildman–Crippen MR) is 94.5 cm³/mol. The first-order valence-electron chi connectivity index (χ1n) is 8.22. The van der Waals surface area contributed by atoms with E-state index in [1.54, 1.807) is 19.1 Å². The number of rotatable bonds is 9. The normalized spacial score (nSPS) is 14.2. The minimum absolute atomic E-state index is 0.129. The van der Waals surface area contributed by atoms with E-state index in [9.17, 15) is 13.2 Å². The minimum atomic E-state index is -3.54. The number of nitrogens with one attached hydrogen (secondary N) is 2. The van der Waals surface area contributed by atoms with Gasteiger partial charge in [0.25, 0.3) is 5.91 Å². The molecular weight excluding hydrogens is 328 g/mol. The van der Waals surface area contributed by atoms with Gasteiger partial charge in [-0.25, -0.2) is 13.1 Å². The molecule has 1 aromatic carbocycles. The smallest absolute Gasteiger partial charge is 0.260 e. The molecule has 0 saturated heterocycles. The molecule has 1 aromatic rings. The Bertz CT molecular complexity index is 626. The van der Waals surface area contributed by atoms with Gasteiger partial charge in [-0.05, 0) is 50.5 Å². The number of carbonyl (C=O) groups excluding carboxylic acids is 1. The number of ether oxygens (including phenoxy) is 1. The molecule has 0 fully saturated rings. The number of amides is 1. The summed E-state index contributed by atoms with van der Waals surface area (Å²) < 4.78 is 32.5. The summed E-state index contributed by atoms with van der Waals surface area (Å²) in [6, 6.07) is 5.92. The summed E-state index contributed by atoms with van der Waals surface area (Å²) in [5.74, 6) is 0.618. The van der Waals surface area contributed by atoms with Gasteiger partial charge in [0.1, 0.15) is 5.75 Å². The molecule has 1 amide bonds. The van der Waals surface area contributed by atoms with Crippen molar-refractivity contribution in [1.82, 2.24) is 10.0 Å². The first-order valence-corrected chi connectivity index (χ1v) is 9.70. The van der Waals surface area contributed by atoms with Crippen LogP contribution in [0, 0.1) is 5.92 Å². The Morgan fingerprint density at radius 1 is 1.12 bits per heavy atom. The topological polar surface area (TPSA) is 84.5 Å². The lowest BCUT2D eigenvalue weighted by Gasteiger charge is -2.16. The molecule has 0 unspecified atom stereocenters. The lowest BCUT2D eigenvalue weighted by Crippen LogP contribution is -2.38. The second kappa shape index (κ2) is 9.03. The van der Waals surface area contributed by atoms with E-state index in [0.29, 0.717) is 24.6 Å². The van der Waals surface area contributed by atoms with E-state index < -0.39 is 16.1 Å². The van der Waals surface area contributed by atoms with Gasteiger partial charge in [0.2, 0.25) is 10.0 Å². The van der Waals surface area contributed by atoms with E-state index in [1.165, 1.54) is 12.1 Å². The van der Waals surface area contributed by atoms with E-state index in [0.717, 1.165) is 0 Å². The van der Waals surface area contributed by atoms with E-state index in [1.807, 2.05) is 27.7 Å². The highest BCUT2D eigenvalue weighted by Crippen LogP contribution is 2.17. The van der Waals surface area contributed by atoms with Gasteiger partial charge < -0.3 is 10.1 Å². The monoisotopic (exact) mass is 356 g/mol. The summed E-state index contributed by atoms with van der Waals surface area (Å²) in [5, 5.41) is 2.80. The van der Waals surface area contributed by atoms with Crippen molar-refractivity contribution in [3.05, 3.63) is 24.3 Å². The average molecular weight is 356 g/mol. The molecule has 0 aliphatic heterocycles. The molecule has 0 aliphatic rings. The molecule has 24 heavy (non-hydrogen) atoms. The maximum atomic E-state index is 12.2. The summed E-state index contributed by atoms with van der Waals surface area (Å²) in [4.78, 5) is 12.1. The largest absolute Gasteiger partial charge is 0.481 e.